The third kappa shape index (κ3) is 3.26. The van der Waals surface area contributed by atoms with Gasteiger partial charge in [-0.25, -0.2) is 4.98 Å². The summed E-state index contributed by atoms with van der Waals surface area (Å²) in [6, 6.07) is 8.91. The number of nitrogen functional groups attached to an aromatic ring is 1. The van der Waals surface area contributed by atoms with Gasteiger partial charge in [0.1, 0.15) is 11.6 Å². The van der Waals surface area contributed by atoms with Gasteiger partial charge < -0.3 is 11.1 Å². The van der Waals surface area contributed by atoms with E-state index < -0.39 is 11.7 Å². The van der Waals surface area contributed by atoms with Gasteiger partial charge >= 0.3 is 6.18 Å². The van der Waals surface area contributed by atoms with Crippen molar-refractivity contribution in [2.45, 2.75) is 25.1 Å². The molecule has 1 aromatic carbocycles. The lowest BCUT2D eigenvalue weighted by Gasteiger charge is -2.10. The maximum absolute atomic E-state index is 12.6. The van der Waals surface area contributed by atoms with E-state index in [-0.39, 0.29) is 0 Å². The number of anilines is 2. The Labute approximate surface area is 120 Å². The number of halogens is 3. The predicted molar refractivity (Wildman–Crippen MR) is 75.7 cm³/mol. The number of hydrogen-bond acceptors (Lipinski definition) is 3. The molecule has 0 bridgehead atoms. The number of aromatic nitrogens is 1. The van der Waals surface area contributed by atoms with Crippen LogP contribution in [0.25, 0.3) is 11.1 Å². The third-order valence-corrected chi connectivity index (χ3v) is 3.32. The third-order valence-electron chi connectivity index (χ3n) is 3.32. The number of nitrogens with zero attached hydrogens (tertiary/aromatic N) is 1. The minimum Gasteiger partial charge on any atom is -0.384 e. The van der Waals surface area contributed by atoms with Crippen molar-refractivity contribution in [1.29, 1.82) is 0 Å². The topological polar surface area (TPSA) is 50.9 Å². The number of hydrogen-bond donors (Lipinski definition) is 2. The Kier molecular flexibility index (Phi) is 3.23. The number of nitrogens with two attached hydrogens (primary N) is 1. The zero-order chi connectivity index (χ0) is 15.0. The maximum atomic E-state index is 12.6. The second kappa shape index (κ2) is 4.95. The molecule has 1 heterocycles. The average Bonchev–Trinajstić information content (AvgIpc) is 3.21. The van der Waals surface area contributed by atoms with Gasteiger partial charge in [-0.3, -0.25) is 0 Å². The zero-order valence-electron chi connectivity index (χ0n) is 11.1. The van der Waals surface area contributed by atoms with Gasteiger partial charge in [-0.15, -0.1) is 0 Å². The van der Waals surface area contributed by atoms with Gasteiger partial charge in [0.05, 0.1) is 5.56 Å². The monoisotopic (exact) mass is 293 g/mol. The van der Waals surface area contributed by atoms with Gasteiger partial charge in [-0.2, -0.15) is 13.2 Å². The summed E-state index contributed by atoms with van der Waals surface area (Å²) >= 11 is 0. The van der Waals surface area contributed by atoms with E-state index >= 15 is 0 Å². The number of nitrogens with one attached hydrogen (secondary N) is 1. The van der Waals surface area contributed by atoms with Gasteiger partial charge in [0.25, 0.3) is 0 Å². The molecule has 0 atom stereocenters. The van der Waals surface area contributed by atoms with Crippen molar-refractivity contribution in [2.24, 2.45) is 0 Å². The highest BCUT2D eigenvalue weighted by atomic mass is 19.4. The molecule has 6 heteroatoms. The van der Waals surface area contributed by atoms with Gasteiger partial charge in [-0.1, -0.05) is 12.1 Å². The zero-order valence-corrected chi connectivity index (χ0v) is 11.1. The van der Waals surface area contributed by atoms with Crippen LogP contribution in [0.15, 0.2) is 36.4 Å². The normalized spacial score (nSPS) is 15.0. The fourth-order valence-corrected chi connectivity index (χ4v) is 2.08. The van der Waals surface area contributed by atoms with Gasteiger partial charge in [0, 0.05) is 6.04 Å². The Morgan fingerprint density at radius 1 is 1.05 bits per heavy atom. The van der Waals surface area contributed by atoms with Crippen molar-refractivity contribution in [1.82, 2.24) is 4.98 Å². The summed E-state index contributed by atoms with van der Waals surface area (Å²) in [4.78, 5) is 4.18. The SMILES string of the molecule is Nc1cc(-c2ccc(C(F)(F)F)cc2)cc(NC2CC2)n1. The van der Waals surface area contributed by atoms with Crippen molar-refractivity contribution in [3.63, 3.8) is 0 Å². The summed E-state index contributed by atoms with van der Waals surface area (Å²) in [7, 11) is 0. The molecule has 3 N–H and O–H groups in total. The molecule has 1 saturated carbocycles. The highest BCUT2D eigenvalue weighted by molar-refractivity contribution is 5.70. The van der Waals surface area contributed by atoms with Crippen LogP contribution in [-0.2, 0) is 6.18 Å². The Morgan fingerprint density at radius 2 is 1.71 bits per heavy atom. The number of benzene rings is 1. The lowest BCUT2D eigenvalue weighted by Crippen LogP contribution is -2.05. The first-order valence-corrected chi connectivity index (χ1v) is 6.63. The van der Waals surface area contributed by atoms with E-state index in [9.17, 15) is 13.2 Å². The fourth-order valence-electron chi connectivity index (χ4n) is 2.08. The minimum atomic E-state index is -4.32. The van der Waals surface area contributed by atoms with E-state index in [1.54, 1.807) is 12.1 Å². The first-order valence-electron chi connectivity index (χ1n) is 6.63. The van der Waals surface area contributed by atoms with E-state index in [2.05, 4.69) is 10.3 Å². The molecule has 1 fully saturated rings. The first-order chi connectivity index (χ1) is 9.91. The van der Waals surface area contributed by atoms with Crippen LogP contribution in [0.4, 0.5) is 24.8 Å². The van der Waals surface area contributed by atoms with Crippen molar-refractivity contribution < 1.29 is 13.2 Å². The summed E-state index contributed by atoms with van der Waals surface area (Å²) in [5.74, 6) is 1.00. The van der Waals surface area contributed by atoms with Crippen molar-refractivity contribution >= 4 is 11.6 Å². The molecule has 0 unspecified atom stereocenters. The lowest BCUT2D eigenvalue weighted by molar-refractivity contribution is -0.137. The molecular formula is C15H14F3N3. The minimum absolute atomic E-state index is 0.343. The molecule has 1 aliphatic carbocycles. The largest absolute Gasteiger partial charge is 0.416 e. The highest BCUT2D eigenvalue weighted by Gasteiger charge is 2.30. The van der Waals surface area contributed by atoms with Crippen molar-refractivity contribution in [2.75, 3.05) is 11.1 Å². The molecule has 0 amide bonds. The standard InChI is InChI=1S/C15H14F3N3/c16-15(17,18)11-3-1-9(2-4-11)10-7-13(19)21-14(8-10)20-12-5-6-12/h1-4,7-8,12H,5-6H2,(H3,19,20,21). The van der Waals surface area contributed by atoms with E-state index in [0.29, 0.717) is 23.2 Å². The fraction of sp³-hybridized carbons (Fsp3) is 0.267. The summed E-state index contributed by atoms with van der Waals surface area (Å²) in [6.07, 6.45) is -2.12. The summed E-state index contributed by atoms with van der Waals surface area (Å²) < 4.78 is 37.7. The first kappa shape index (κ1) is 13.7. The summed E-state index contributed by atoms with van der Waals surface area (Å²) in [6.45, 7) is 0. The quantitative estimate of drug-likeness (QED) is 0.901. The molecule has 3 nitrogen and oxygen atoms in total. The number of alkyl halides is 3. The molecule has 110 valence electrons. The second-order valence-electron chi connectivity index (χ2n) is 5.16. The van der Waals surface area contributed by atoms with Gasteiger partial charge in [-0.05, 0) is 48.2 Å². The van der Waals surface area contributed by atoms with E-state index in [1.807, 2.05) is 0 Å². The summed E-state index contributed by atoms with van der Waals surface area (Å²) in [5.41, 5.74) is 6.52. The number of pyridine rings is 1. The molecule has 3 rings (SSSR count). The van der Waals surface area contributed by atoms with E-state index in [0.717, 1.165) is 30.5 Å². The van der Waals surface area contributed by atoms with Crippen LogP contribution >= 0.6 is 0 Å². The van der Waals surface area contributed by atoms with Crippen LogP contribution in [0.5, 0.6) is 0 Å². The molecule has 2 aromatic rings. The second-order valence-corrected chi connectivity index (χ2v) is 5.16. The molecule has 0 saturated heterocycles. The molecule has 1 aliphatic rings. The van der Waals surface area contributed by atoms with E-state index in [4.69, 9.17) is 5.73 Å². The van der Waals surface area contributed by atoms with Crippen LogP contribution in [-0.4, -0.2) is 11.0 Å². The van der Waals surface area contributed by atoms with Crippen LogP contribution in [0, 0.1) is 0 Å². The Morgan fingerprint density at radius 3 is 2.29 bits per heavy atom. The molecule has 0 spiro atoms. The highest BCUT2D eigenvalue weighted by Crippen LogP contribution is 2.32. The van der Waals surface area contributed by atoms with Crippen LogP contribution in [0.1, 0.15) is 18.4 Å². The molecule has 0 aliphatic heterocycles. The molecule has 21 heavy (non-hydrogen) atoms. The maximum Gasteiger partial charge on any atom is 0.416 e. The molecular weight excluding hydrogens is 279 g/mol. The van der Waals surface area contributed by atoms with Gasteiger partial charge in [0.15, 0.2) is 0 Å². The van der Waals surface area contributed by atoms with Crippen LogP contribution in [0.3, 0.4) is 0 Å². The molecule has 1 aromatic heterocycles. The van der Waals surface area contributed by atoms with Crippen molar-refractivity contribution in [3.05, 3.63) is 42.0 Å². The Balaban J connectivity index is 1.90. The number of rotatable bonds is 3. The average molecular weight is 293 g/mol. The smallest absolute Gasteiger partial charge is 0.384 e. The molecule has 0 radical (unpaired) electrons. The van der Waals surface area contributed by atoms with Gasteiger partial charge in [0.2, 0.25) is 0 Å². The van der Waals surface area contributed by atoms with Crippen LogP contribution < -0.4 is 11.1 Å². The lowest BCUT2D eigenvalue weighted by atomic mass is 10.0. The summed E-state index contributed by atoms with van der Waals surface area (Å²) in [5, 5.41) is 3.23. The predicted octanol–water partition coefficient (Wildman–Crippen LogP) is 3.92. The van der Waals surface area contributed by atoms with Crippen molar-refractivity contribution in [3.8, 4) is 11.1 Å². The van der Waals surface area contributed by atoms with E-state index in [1.165, 1.54) is 12.1 Å². The van der Waals surface area contributed by atoms with Crippen LogP contribution in [0.2, 0.25) is 0 Å². The Hall–Kier alpha value is -2.24. The Bertz CT molecular complexity index is 646.